The van der Waals surface area contributed by atoms with E-state index in [-0.39, 0.29) is 23.3 Å². The summed E-state index contributed by atoms with van der Waals surface area (Å²) in [6.45, 7) is 3.66. The molecule has 0 radical (unpaired) electrons. The number of rotatable bonds is 8. The first-order chi connectivity index (χ1) is 16.0. The minimum absolute atomic E-state index is 0.00280. The van der Waals surface area contributed by atoms with Gasteiger partial charge in [0.25, 0.3) is 5.56 Å². The molecule has 1 aliphatic heterocycles. The van der Waals surface area contributed by atoms with Crippen molar-refractivity contribution in [3.8, 4) is 0 Å². The Balaban J connectivity index is 1.66. The second kappa shape index (κ2) is 10.5. The summed E-state index contributed by atoms with van der Waals surface area (Å²) in [5.41, 5.74) is 1.61. The molecule has 1 amide bonds. The lowest BCUT2D eigenvalue weighted by molar-refractivity contribution is -0.126. The van der Waals surface area contributed by atoms with Crippen LogP contribution >= 0.6 is 11.8 Å². The molecule has 2 aromatic rings. The molecule has 0 spiro atoms. The second-order valence-corrected chi connectivity index (χ2v) is 9.13. The van der Waals surface area contributed by atoms with Gasteiger partial charge in [-0.3, -0.25) is 14.2 Å². The third kappa shape index (κ3) is 5.14. The van der Waals surface area contributed by atoms with E-state index in [1.165, 1.54) is 18.9 Å². The van der Waals surface area contributed by atoms with E-state index in [0.29, 0.717) is 41.3 Å². The number of carbonyl (C=O) groups excluding carboxylic acids is 2. The number of allylic oxidation sites excluding steroid dienone is 2. The van der Waals surface area contributed by atoms with Crippen LogP contribution in [0.25, 0.3) is 10.9 Å². The van der Waals surface area contributed by atoms with Crippen molar-refractivity contribution in [2.45, 2.75) is 56.8 Å². The van der Waals surface area contributed by atoms with Gasteiger partial charge in [-0.25, -0.2) is 9.78 Å². The molecule has 1 aromatic carbocycles. The molecular formula is C24H29N3O5S. The molecule has 0 bridgehead atoms. The fraction of sp³-hybridized carbons (Fsp3) is 0.500. The van der Waals surface area contributed by atoms with Gasteiger partial charge >= 0.3 is 5.97 Å². The third-order valence-corrected chi connectivity index (χ3v) is 7.02. The van der Waals surface area contributed by atoms with Crippen LogP contribution in [0.5, 0.6) is 0 Å². The Kier molecular flexibility index (Phi) is 7.49. The largest absolute Gasteiger partial charge is 0.465 e. The van der Waals surface area contributed by atoms with Crippen molar-refractivity contribution in [2.24, 2.45) is 0 Å². The number of hydrogen-bond donors (Lipinski definition) is 0. The lowest BCUT2D eigenvalue weighted by atomic mass is 10.1. The van der Waals surface area contributed by atoms with Crippen molar-refractivity contribution < 1.29 is 19.1 Å². The molecule has 8 nitrogen and oxygen atoms in total. The van der Waals surface area contributed by atoms with Crippen molar-refractivity contribution in [3.63, 3.8) is 0 Å². The first kappa shape index (κ1) is 23.5. The van der Waals surface area contributed by atoms with Crippen LogP contribution in [0.15, 0.2) is 39.9 Å². The van der Waals surface area contributed by atoms with Crippen molar-refractivity contribution in [3.05, 3.63) is 45.9 Å². The maximum atomic E-state index is 13.4. The predicted molar refractivity (Wildman–Crippen MR) is 126 cm³/mol. The molecule has 1 saturated heterocycles. The fourth-order valence-corrected chi connectivity index (χ4v) is 5.24. The molecule has 0 N–H and O–H groups in total. The highest BCUT2D eigenvalue weighted by Gasteiger charge is 2.23. The van der Waals surface area contributed by atoms with Crippen LogP contribution in [0.2, 0.25) is 0 Å². The Bertz CT molecular complexity index is 1140. The molecule has 33 heavy (non-hydrogen) atoms. The van der Waals surface area contributed by atoms with Gasteiger partial charge in [0, 0.05) is 18.8 Å². The van der Waals surface area contributed by atoms with E-state index in [1.54, 1.807) is 22.8 Å². The number of thioether (sulfide) groups is 1. The van der Waals surface area contributed by atoms with E-state index in [4.69, 9.17) is 9.47 Å². The van der Waals surface area contributed by atoms with Gasteiger partial charge in [0.05, 0.1) is 42.0 Å². The number of aromatic nitrogens is 2. The van der Waals surface area contributed by atoms with Crippen LogP contribution in [-0.4, -0.2) is 58.4 Å². The second-order valence-electron chi connectivity index (χ2n) is 8.18. The average molecular weight is 472 g/mol. The number of benzene rings is 1. The van der Waals surface area contributed by atoms with E-state index in [0.717, 1.165) is 37.8 Å². The summed E-state index contributed by atoms with van der Waals surface area (Å²) < 4.78 is 12.2. The molecular weight excluding hydrogens is 442 g/mol. The van der Waals surface area contributed by atoms with Crippen LogP contribution < -0.4 is 5.56 Å². The molecule has 1 aliphatic carbocycles. The van der Waals surface area contributed by atoms with E-state index in [9.17, 15) is 14.4 Å². The van der Waals surface area contributed by atoms with Gasteiger partial charge in [0.2, 0.25) is 5.91 Å². The zero-order valence-electron chi connectivity index (χ0n) is 19.0. The summed E-state index contributed by atoms with van der Waals surface area (Å²) in [5, 5.41) is 0.873. The van der Waals surface area contributed by atoms with Crippen molar-refractivity contribution in [2.75, 3.05) is 26.0 Å². The standard InChI is InChI=1S/C24H29N3O5S/c1-3-26(17-7-4-5-8-17)21(28)15-33-24-25-20-13-16(23(30)31-2)10-11-19(20)22(29)27(24)14-18-9-6-12-32-18/h7,10-11,13,18H,3-6,8-9,12,14-15H2,1-2H3. The van der Waals surface area contributed by atoms with Gasteiger partial charge in [0.15, 0.2) is 5.16 Å². The molecule has 0 saturated carbocycles. The first-order valence-corrected chi connectivity index (χ1v) is 12.4. The summed E-state index contributed by atoms with van der Waals surface area (Å²) in [6, 6.07) is 4.74. The van der Waals surface area contributed by atoms with Crippen LogP contribution in [-0.2, 0) is 20.8 Å². The lowest BCUT2D eigenvalue weighted by Crippen LogP contribution is -2.32. The maximum Gasteiger partial charge on any atom is 0.337 e. The van der Waals surface area contributed by atoms with Crippen molar-refractivity contribution in [1.82, 2.24) is 14.5 Å². The number of amides is 1. The summed E-state index contributed by atoms with van der Waals surface area (Å²) >= 11 is 1.25. The van der Waals surface area contributed by atoms with Gasteiger partial charge in [-0.05, 0) is 57.2 Å². The van der Waals surface area contributed by atoms with Crippen LogP contribution in [0.1, 0.15) is 49.4 Å². The minimum Gasteiger partial charge on any atom is -0.465 e. The number of hydrogen-bond acceptors (Lipinski definition) is 7. The molecule has 4 rings (SSSR count). The number of carbonyl (C=O) groups is 2. The highest BCUT2D eigenvalue weighted by atomic mass is 32.2. The SMILES string of the molecule is CCN(C(=O)CSc1nc2cc(C(=O)OC)ccc2c(=O)n1CC1CCCO1)C1=CCCC1. The van der Waals surface area contributed by atoms with Crippen LogP contribution in [0.3, 0.4) is 0 Å². The highest BCUT2D eigenvalue weighted by Crippen LogP contribution is 2.25. The monoisotopic (exact) mass is 471 g/mol. The quantitative estimate of drug-likeness (QED) is 0.331. The molecule has 176 valence electrons. The van der Waals surface area contributed by atoms with Crippen LogP contribution in [0.4, 0.5) is 0 Å². The van der Waals surface area contributed by atoms with Crippen molar-refractivity contribution in [1.29, 1.82) is 0 Å². The Morgan fingerprint density at radius 3 is 2.85 bits per heavy atom. The van der Waals surface area contributed by atoms with Crippen molar-refractivity contribution >= 4 is 34.5 Å². The number of methoxy groups -OCH3 is 1. The Morgan fingerprint density at radius 2 is 2.18 bits per heavy atom. The van der Waals surface area contributed by atoms with E-state index in [1.807, 2.05) is 11.8 Å². The van der Waals surface area contributed by atoms with Gasteiger partial charge in [-0.1, -0.05) is 17.8 Å². The van der Waals surface area contributed by atoms with E-state index >= 15 is 0 Å². The molecule has 2 heterocycles. The molecule has 9 heteroatoms. The maximum absolute atomic E-state index is 13.4. The molecule has 1 fully saturated rings. The molecule has 2 aliphatic rings. The molecule has 1 unspecified atom stereocenters. The molecule has 1 aromatic heterocycles. The highest BCUT2D eigenvalue weighted by molar-refractivity contribution is 7.99. The average Bonchev–Trinajstić information content (AvgIpc) is 3.54. The normalized spacial score (nSPS) is 17.9. The number of esters is 1. The zero-order valence-corrected chi connectivity index (χ0v) is 19.9. The smallest absolute Gasteiger partial charge is 0.337 e. The third-order valence-electron chi connectivity index (χ3n) is 6.06. The summed E-state index contributed by atoms with van der Waals surface area (Å²) in [4.78, 5) is 44.8. The zero-order chi connectivity index (χ0) is 23.4. The van der Waals surface area contributed by atoms with Gasteiger partial charge in [-0.15, -0.1) is 0 Å². The topological polar surface area (TPSA) is 90.7 Å². The van der Waals surface area contributed by atoms with Gasteiger partial charge in [-0.2, -0.15) is 0 Å². The Morgan fingerprint density at radius 1 is 1.33 bits per heavy atom. The predicted octanol–water partition coefficient (Wildman–Crippen LogP) is 3.37. The fourth-order valence-electron chi connectivity index (χ4n) is 4.35. The Labute approximate surface area is 196 Å². The van der Waals surface area contributed by atoms with Gasteiger partial charge < -0.3 is 14.4 Å². The lowest BCUT2D eigenvalue weighted by Gasteiger charge is -2.22. The number of nitrogens with zero attached hydrogens (tertiary/aromatic N) is 3. The summed E-state index contributed by atoms with van der Waals surface area (Å²) in [7, 11) is 1.31. The van der Waals surface area contributed by atoms with E-state index < -0.39 is 5.97 Å². The van der Waals surface area contributed by atoms with Crippen LogP contribution in [0, 0.1) is 0 Å². The number of fused-ring (bicyclic) bond motifs is 1. The Hall–Kier alpha value is -2.65. The number of ether oxygens (including phenoxy) is 2. The minimum atomic E-state index is -0.491. The van der Waals surface area contributed by atoms with Gasteiger partial charge in [0.1, 0.15) is 0 Å². The summed E-state index contributed by atoms with van der Waals surface area (Å²) in [6.07, 6.45) is 6.91. The molecule has 1 atom stereocenters. The van der Waals surface area contributed by atoms with E-state index in [2.05, 4.69) is 11.1 Å². The summed E-state index contributed by atoms with van der Waals surface area (Å²) in [5.74, 6) is -0.322. The first-order valence-electron chi connectivity index (χ1n) is 11.4.